The predicted molar refractivity (Wildman–Crippen MR) is 126 cm³/mol. The summed E-state index contributed by atoms with van der Waals surface area (Å²) >= 11 is 0. The van der Waals surface area contributed by atoms with E-state index in [2.05, 4.69) is 5.32 Å². The molecule has 168 valence electrons. The molecular formula is C26H25N3O4. The number of nitrogens with one attached hydrogen (secondary N) is 1. The van der Waals surface area contributed by atoms with Gasteiger partial charge in [-0.25, -0.2) is 9.69 Å². The number of ether oxygens (including phenoxy) is 1. The van der Waals surface area contributed by atoms with Crippen LogP contribution < -0.4 is 15.0 Å². The van der Waals surface area contributed by atoms with Gasteiger partial charge in [0.1, 0.15) is 11.8 Å². The van der Waals surface area contributed by atoms with Gasteiger partial charge in [-0.3, -0.25) is 9.59 Å². The highest BCUT2D eigenvalue weighted by atomic mass is 16.5. The lowest BCUT2D eigenvalue weighted by molar-refractivity contribution is -0.124. The van der Waals surface area contributed by atoms with Crippen LogP contribution in [-0.2, 0) is 16.0 Å². The van der Waals surface area contributed by atoms with E-state index in [0.29, 0.717) is 30.1 Å². The smallest absolute Gasteiger partial charge is 0.332 e. The van der Waals surface area contributed by atoms with Gasteiger partial charge in [-0.2, -0.15) is 0 Å². The van der Waals surface area contributed by atoms with Crippen molar-refractivity contribution in [3.8, 4) is 5.75 Å². The molecule has 0 saturated carbocycles. The Morgan fingerprint density at radius 3 is 2.18 bits per heavy atom. The van der Waals surface area contributed by atoms with Crippen molar-refractivity contribution >= 4 is 29.2 Å². The second-order valence-corrected chi connectivity index (χ2v) is 7.72. The van der Waals surface area contributed by atoms with E-state index < -0.39 is 18.0 Å². The van der Waals surface area contributed by atoms with E-state index in [1.165, 1.54) is 4.90 Å². The molecule has 1 saturated heterocycles. The first-order chi connectivity index (χ1) is 16.1. The number of hydrogen-bond donors (Lipinski definition) is 1. The molecule has 7 nitrogen and oxygen atoms in total. The van der Waals surface area contributed by atoms with Crippen LogP contribution in [0.15, 0.2) is 84.9 Å². The molecule has 4 rings (SSSR count). The Labute approximate surface area is 192 Å². The Balaban J connectivity index is 1.52. The van der Waals surface area contributed by atoms with Crippen molar-refractivity contribution in [1.82, 2.24) is 4.90 Å². The van der Waals surface area contributed by atoms with Crippen molar-refractivity contribution in [2.24, 2.45) is 0 Å². The summed E-state index contributed by atoms with van der Waals surface area (Å²) in [4.78, 5) is 42.0. The van der Waals surface area contributed by atoms with E-state index in [1.54, 1.807) is 55.6 Å². The van der Waals surface area contributed by atoms with Gasteiger partial charge < -0.3 is 15.0 Å². The molecule has 0 radical (unpaired) electrons. The molecule has 1 heterocycles. The van der Waals surface area contributed by atoms with E-state index in [1.807, 2.05) is 36.4 Å². The lowest BCUT2D eigenvalue weighted by Gasteiger charge is -2.21. The number of nitrogens with zero attached hydrogens (tertiary/aromatic N) is 2. The lowest BCUT2D eigenvalue weighted by Crippen LogP contribution is -2.39. The fraction of sp³-hybridized carbons (Fsp3) is 0.192. The van der Waals surface area contributed by atoms with E-state index in [9.17, 15) is 14.4 Å². The Hall–Kier alpha value is -4.13. The van der Waals surface area contributed by atoms with Crippen LogP contribution in [0, 0.1) is 0 Å². The number of benzene rings is 3. The SMILES string of the molecule is COc1ccc(NC(=O)CC2C(=O)N(c3ccccc3)C(=O)N2CCc2ccccc2)cc1. The number of methoxy groups -OCH3 is 1. The Bertz CT molecular complexity index is 1120. The van der Waals surface area contributed by atoms with Crippen LogP contribution in [0.4, 0.5) is 16.2 Å². The zero-order chi connectivity index (χ0) is 23.2. The summed E-state index contributed by atoms with van der Waals surface area (Å²) in [7, 11) is 1.57. The number of anilines is 2. The summed E-state index contributed by atoms with van der Waals surface area (Å²) in [5.41, 5.74) is 2.14. The third-order valence-electron chi connectivity index (χ3n) is 5.57. The maximum Gasteiger partial charge on any atom is 0.332 e. The predicted octanol–water partition coefficient (Wildman–Crippen LogP) is 4.10. The van der Waals surface area contributed by atoms with Crippen molar-refractivity contribution in [3.63, 3.8) is 0 Å². The minimum Gasteiger partial charge on any atom is -0.497 e. The van der Waals surface area contributed by atoms with Gasteiger partial charge in [-0.15, -0.1) is 0 Å². The summed E-state index contributed by atoms with van der Waals surface area (Å²) < 4.78 is 5.13. The van der Waals surface area contributed by atoms with Gasteiger partial charge in [0.05, 0.1) is 19.2 Å². The van der Waals surface area contributed by atoms with Crippen molar-refractivity contribution in [2.75, 3.05) is 23.9 Å². The molecule has 1 atom stereocenters. The fourth-order valence-corrected chi connectivity index (χ4v) is 3.86. The second-order valence-electron chi connectivity index (χ2n) is 7.72. The van der Waals surface area contributed by atoms with E-state index in [-0.39, 0.29) is 12.3 Å². The number of hydrogen-bond acceptors (Lipinski definition) is 4. The van der Waals surface area contributed by atoms with Gasteiger partial charge in [0.25, 0.3) is 5.91 Å². The fourth-order valence-electron chi connectivity index (χ4n) is 3.86. The average Bonchev–Trinajstić information content (AvgIpc) is 3.08. The second kappa shape index (κ2) is 9.99. The number of imide groups is 1. The van der Waals surface area contributed by atoms with Gasteiger partial charge in [0.15, 0.2) is 0 Å². The van der Waals surface area contributed by atoms with E-state index in [4.69, 9.17) is 4.74 Å². The van der Waals surface area contributed by atoms with Crippen LogP contribution in [0.3, 0.4) is 0 Å². The molecular weight excluding hydrogens is 418 g/mol. The summed E-state index contributed by atoms with van der Waals surface area (Å²) in [6.45, 7) is 0.332. The summed E-state index contributed by atoms with van der Waals surface area (Å²) in [6.07, 6.45) is 0.452. The summed E-state index contributed by atoms with van der Waals surface area (Å²) in [5, 5.41) is 2.80. The van der Waals surface area contributed by atoms with Gasteiger partial charge in [0.2, 0.25) is 5.91 Å². The molecule has 1 unspecified atom stereocenters. The molecule has 0 spiro atoms. The van der Waals surface area contributed by atoms with Crippen molar-refractivity contribution in [1.29, 1.82) is 0 Å². The topological polar surface area (TPSA) is 79.0 Å². The monoisotopic (exact) mass is 443 g/mol. The Kier molecular flexibility index (Phi) is 6.69. The number of amides is 4. The molecule has 1 N–H and O–H groups in total. The van der Waals surface area contributed by atoms with Crippen molar-refractivity contribution in [2.45, 2.75) is 18.9 Å². The third kappa shape index (κ3) is 5.03. The van der Waals surface area contributed by atoms with Crippen LogP contribution >= 0.6 is 0 Å². The molecule has 3 aromatic carbocycles. The molecule has 3 aromatic rings. The number of carbonyl (C=O) groups is 3. The normalized spacial score (nSPS) is 15.6. The molecule has 0 aliphatic carbocycles. The Morgan fingerprint density at radius 2 is 1.55 bits per heavy atom. The standard InChI is InChI=1S/C26H25N3O4/c1-33-22-14-12-20(13-15-22)27-24(30)18-23-25(31)29(21-10-6-3-7-11-21)26(32)28(23)17-16-19-8-4-2-5-9-19/h2-15,23H,16-18H2,1H3,(H,27,30). The van der Waals surface area contributed by atoms with Gasteiger partial charge >= 0.3 is 6.03 Å². The molecule has 1 aliphatic rings. The molecule has 7 heteroatoms. The minimum absolute atomic E-state index is 0.130. The first-order valence-corrected chi connectivity index (χ1v) is 10.7. The molecule has 4 amide bonds. The molecule has 1 fully saturated rings. The molecule has 0 aromatic heterocycles. The van der Waals surface area contributed by atoms with E-state index >= 15 is 0 Å². The van der Waals surface area contributed by atoms with Crippen LogP contribution in [0.1, 0.15) is 12.0 Å². The first kappa shape index (κ1) is 22.1. The van der Waals surface area contributed by atoms with Gasteiger partial charge in [-0.1, -0.05) is 48.5 Å². The number of para-hydroxylation sites is 1. The first-order valence-electron chi connectivity index (χ1n) is 10.7. The largest absolute Gasteiger partial charge is 0.497 e. The third-order valence-corrected chi connectivity index (χ3v) is 5.57. The highest BCUT2D eigenvalue weighted by Gasteiger charge is 2.46. The number of urea groups is 1. The van der Waals surface area contributed by atoms with E-state index in [0.717, 1.165) is 10.5 Å². The Morgan fingerprint density at radius 1 is 0.909 bits per heavy atom. The highest BCUT2D eigenvalue weighted by molar-refractivity contribution is 6.22. The zero-order valence-electron chi connectivity index (χ0n) is 18.3. The maximum absolute atomic E-state index is 13.3. The number of carbonyl (C=O) groups excluding carboxylic acids is 3. The maximum atomic E-state index is 13.3. The lowest BCUT2D eigenvalue weighted by atomic mass is 10.1. The van der Waals surface area contributed by atoms with Crippen LogP contribution in [0.25, 0.3) is 0 Å². The highest BCUT2D eigenvalue weighted by Crippen LogP contribution is 2.27. The van der Waals surface area contributed by atoms with Crippen LogP contribution in [0.2, 0.25) is 0 Å². The minimum atomic E-state index is -0.875. The number of rotatable bonds is 8. The van der Waals surface area contributed by atoms with Crippen molar-refractivity contribution in [3.05, 3.63) is 90.5 Å². The summed E-state index contributed by atoms with van der Waals surface area (Å²) in [5.74, 6) is -0.0646. The quantitative estimate of drug-likeness (QED) is 0.532. The van der Waals surface area contributed by atoms with Crippen molar-refractivity contribution < 1.29 is 19.1 Å². The van der Waals surface area contributed by atoms with Crippen LogP contribution in [0.5, 0.6) is 5.75 Å². The summed E-state index contributed by atoms with van der Waals surface area (Å²) in [6, 6.07) is 24.2. The average molecular weight is 444 g/mol. The van der Waals surface area contributed by atoms with Gasteiger partial charge in [0, 0.05) is 12.2 Å². The molecule has 0 bridgehead atoms. The zero-order valence-corrected chi connectivity index (χ0v) is 18.3. The van der Waals surface area contributed by atoms with Crippen LogP contribution in [-0.4, -0.2) is 42.4 Å². The van der Waals surface area contributed by atoms with Gasteiger partial charge in [-0.05, 0) is 48.4 Å². The molecule has 1 aliphatic heterocycles. The molecule has 33 heavy (non-hydrogen) atoms.